The van der Waals surface area contributed by atoms with Gasteiger partial charge < -0.3 is 24.8 Å². The first-order chi connectivity index (χ1) is 12.9. The SMILES string of the molecule is CCNC(=NCCCOCC1CCCO1)NCCCCN1CCOCC1. The van der Waals surface area contributed by atoms with Crippen LogP contribution in [0.15, 0.2) is 4.99 Å². The molecule has 0 aromatic carbocycles. The fraction of sp³-hybridized carbons (Fsp3) is 0.947. The van der Waals surface area contributed by atoms with Gasteiger partial charge in [0.1, 0.15) is 0 Å². The molecule has 26 heavy (non-hydrogen) atoms. The minimum atomic E-state index is 0.315. The Hall–Kier alpha value is -0.890. The zero-order chi connectivity index (χ0) is 18.3. The Bertz CT molecular complexity index is 370. The number of hydrogen-bond donors (Lipinski definition) is 2. The van der Waals surface area contributed by atoms with Crippen molar-refractivity contribution in [2.75, 3.05) is 72.3 Å². The van der Waals surface area contributed by atoms with Gasteiger partial charge >= 0.3 is 0 Å². The van der Waals surface area contributed by atoms with Crippen LogP contribution in [0.1, 0.15) is 39.0 Å². The van der Waals surface area contributed by atoms with E-state index < -0.39 is 0 Å². The highest BCUT2D eigenvalue weighted by molar-refractivity contribution is 5.79. The second-order valence-corrected chi connectivity index (χ2v) is 6.91. The molecule has 2 heterocycles. The molecule has 0 radical (unpaired) electrons. The van der Waals surface area contributed by atoms with E-state index in [0.29, 0.717) is 6.10 Å². The van der Waals surface area contributed by atoms with Crippen molar-refractivity contribution in [2.45, 2.75) is 45.1 Å². The van der Waals surface area contributed by atoms with Crippen LogP contribution in [-0.4, -0.2) is 89.3 Å². The van der Waals surface area contributed by atoms with E-state index in [-0.39, 0.29) is 0 Å². The molecule has 0 amide bonds. The van der Waals surface area contributed by atoms with Crippen LogP contribution in [0, 0.1) is 0 Å². The molecule has 152 valence electrons. The van der Waals surface area contributed by atoms with Crippen molar-refractivity contribution in [2.24, 2.45) is 4.99 Å². The third-order valence-corrected chi connectivity index (χ3v) is 4.69. The molecule has 2 N–H and O–H groups in total. The van der Waals surface area contributed by atoms with Crippen LogP contribution in [0.25, 0.3) is 0 Å². The summed E-state index contributed by atoms with van der Waals surface area (Å²) in [5, 5.41) is 6.74. The van der Waals surface area contributed by atoms with Crippen LogP contribution >= 0.6 is 0 Å². The summed E-state index contributed by atoms with van der Waals surface area (Å²) >= 11 is 0. The van der Waals surface area contributed by atoms with Crippen molar-refractivity contribution < 1.29 is 14.2 Å². The molecule has 7 heteroatoms. The summed E-state index contributed by atoms with van der Waals surface area (Å²) in [6, 6.07) is 0. The van der Waals surface area contributed by atoms with Gasteiger partial charge in [-0.25, -0.2) is 0 Å². The Morgan fingerprint density at radius 2 is 2.04 bits per heavy atom. The summed E-state index contributed by atoms with van der Waals surface area (Å²) in [6.07, 6.45) is 5.94. The maximum absolute atomic E-state index is 5.68. The molecule has 0 spiro atoms. The van der Waals surface area contributed by atoms with Crippen LogP contribution in [0.3, 0.4) is 0 Å². The van der Waals surface area contributed by atoms with Crippen molar-refractivity contribution in [3.63, 3.8) is 0 Å². The molecule has 7 nitrogen and oxygen atoms in total. The molecule has 2 rings (SSSR count). The van der Waals surface area contributed by atoms with Gasteiger partial charge in [0.05, 0.1) is 25.9 Å². The third-order valence-electron chi connectivity index (χ3n) is 4.69. The minimum absolute atomic E-state index is 0.315. The molecule has 0 aromatic heterocycles. The van der Waals surface area contributed by atoms with Gasteiger partial charge in [0.15, 0.2) is 5.96 Å². The average Bonchev–Trinajstić information content (AvgIpc) is 3.18. The third kappa shape index (κ3) is 9.71. The largest absolute Gasteiger partial charge is 0.379 e. The lowest BCUT2D eigenvalue weighted by Crippen LogP contribution is -2.39. The number of nitrogens with one attached hydrogen (secondary N) is 2. The van der Waals surface area contributed by atoms with E-state index in [0.717, 1.165) is 91.0 Å². The van der Waals surface area contributed by atoms with E-state index in [1.54, 1.807) is 0 Å². The Morgan fingerprint density at radius 1 is 1.15 bits per heavy atom. The van der Waals surface area contributed by atoms with Crippen molar-refractivity contribution in [3.8, 4) is 0 Å². The smallest absolute Gasteiger partial charge is 0.191 e. The van der Waals surface area contributed by atoms with Gasteiger partial charge in [0.25, 0.3) is 0 Å². The minimum Gasteiger partial charge on any atom is -0.379 e. The molecule has 0 bridgehead atoms. The number of rotatable bonds is 12. The molecule has 0 saturated carbocycles. The Balaban J connectivity index is 1.47. The Kier molecular flexibility index (Phi) is 11.7. The number of aliphatic imine (C=N–C) groups is 1. The van der Waals surface area contributed by atoms with Gasteiger partial charge in [-0.05, 0) is 45.6 Å². The molecule has 2 aliphatic rings. The van der Waals surface area contributed by atoms with E-state index >= 15 is 0 Å². The standard InChI is InChI=1S/C19H38N4O3/c1-2-20-19(21-8-3-4-10-23-11-15-24-16-12-23)22-9-6-13-25-17-18-7-5-14-26-18/h18H,2-17H2,1H3,(H2,20,21,22). The Morgan fingerprint density at radius 3 is 2.81 bits per heavy atom. The number of hydrogen-bond acceptors (Lipinski definition) is 5. The first-order valence-corrected chi connectivity index (χ1v) is 10.4. The van der Waals surface area contributed by atoms with Crippen molar-refractivity contribution in [1.82, 2.24) is 15.5 Å². The van der Waals surface area contributed by atoms with Crippen LogP contribution < -0.4 is 10.6 Å². The van der Waals surface area contributed by atoms with E-state index in [1.807, 2.05) is 0 Å². The summed E-state index contributed by atoms with van der Waals surface area (Å²) in [4.78, 5) is 7.11. The first kappa shape index (κ1) is 21.4. The zero-order valence-electron chi connectivity index (χ0n) is 16.5. The summed E-state index contributed by atoms with van der Waals surface area (Å²) in [5.41, 5.74) is 0. The predicted octanol–water partition coefficient (Wildman–Crippen LogP) is 1.24. The Labute approximate surface area is 158 Å². The lowest BCUT2D eigenvalue weighted by atomic mass is 10.2. The molecule has 1 atom stereocenters. The van der Waals surface area contributed by atoms with E-state index in [4.69, 9.17) is 14.2 Å². The van der Waals surface area contributed by atoms with E-state index in [1.165, 1.54) is 19.4 Å². The summed E-state index contributed by atoms with van der Waals surface area (Å²) in [7, 11) is 0. The second kappa shape index (κ2) is 14.2. The maximum Gasteiger partial charge on any atom is 0.191 e. The number of unbranched alkanes of at least 4 members (excludes halogenated alkanes) is 1. The van der Waals surface area contributed by atoms with Gasteiger partial charge in [0, 0.05) is 45.9 Å². The molecular formula is C19H38N4O3. The lowest BCUT2D eigenvalue weighted by molar-refractivity contribution is 0.0171. The summed E-state index contributed by atoms with van der Waals surface area (Å²) in [6.45, 7) is 12.2. The zero-order valence-corrected chi connectivity index (χ0v) is 16.5. The molecule has 2 fully saturated rings. The number of ether oxygens (including phenoxy) is 3. The molecule has 0 aliphatic carbocycles. The predicted molar refractivity (Wildman–Crippen MR) is 105 cm³/mol. The van der Waals surface area contributed by atoms with Gasteiger partial charge in [-0.15, -0.1) is 0 Å². The fourth-order valence-corrected chi connectivity index (χ4v) is 3.18. The van der Waals surface area contributed by atoms with E-state index in [9.17, 15) is 0 Å². The van der Waals surface area contributed by atoms with Crippen LogP contribution in [-0.2, 0) is 14.2 Å². The highest BCUT2D eigenvalue weighted by atomic mass is 16.5. The van der Waals surface area contributed by atoms with Crippen LogP contribution in [0.2, 0.25) is 0 Å². The average molecular weight is 371 g/mol. The number of morpholine rings is 1. The molecular weight excluding hydrogens is 332 g/mol. The summed E-state index contributed by atoms with van der Waals surface area (Å²) in [5.74, 6) is 0.915. The molecule has 0 aromatic rings. The number of nitrogens with zero attached hydrogens (tertiary/aromatic N) is 2. The molecule has 1 unspecified atom stereocenters. The fourth-order valence-electron chi connectivity index (χ4n) is 3.18. The topological polar surface area (TPSA) is 67.4 Å². The highest BCUT2D eigenvalue weighted by Gasteiger charge is 2.14. The van der Waals surface area contributed by atoms with Gasteiger partial charge in [-0.3, -0.25) is 9.89 Å². The van der Waals surface area contributed by atoms with Crippen LogP contribution in [0.4, 0.5) is 0 Å². The van der Waals surface area contributed by atoms with E-state index in [2.05, 4.69) is 27.4 Å². The van der Waals surface area contributed by atoms with Crippen molar-refractivity contribution in [3.05, 3.63) is 0 Å². The van der Waals surface area contributed by atoms with Gasteiger partial charge in [-0.2, -0.15) is 0 Å². The maximum atomic E-state index is 5.68. The van der Waals surface area contributed by atoms with Gasteiger partial charge in [0.2, 0.25) is 0 Å². The monoisotopic (exact) mass is 370 g/mol. The highest BCUT2D eigenvalue weighted by Crippen LogP contribution is 2.11. The normalized spacial score (nSPS) is 21.9. The quantitative estimate of drug-likeness (QED) is 0.306. The lowest BCUT2D eigenvalue weighted by Gasteiger charge is -2.26. The van der Waals surface area contributed by atoms with Crippen molar-refractivity contribution in [1.29, 1.82) is 0 Å². The molecule has 2 aliphatic heterocycles. The van der Waals surface area contributed by atoms with Crippen molar-refractivity contribution >= 4 is 5.96 Å². The van der Waals surface area contributed by atoms with Crippen LogP contribution in [0.5, 0.6) is 0 Å². The second-order valence-electron chi connectivity index (χ2n) is 6.91. The first-order valence-electron chi connectivity index (χ1n) is 10.4. The molecule has 2 saturated heterocycles. The number of guanidine groups is 1. The van der Waals surface area contributed by atoms with Gasteiger partial charge in [-0.1, -0.05) is 0 Å². The summed E-state index contributed by atoms with van der Waals surface area (Å²) < 4.78 is 16.6.